The number of methoxy groups -OCH3 is 1. The molecule has 2 heteroatoms. The van der Waals surface area contributed by atoms with E-state index in [9.17, 15) is 0 Å². The molecule has 0 atom stereocenters. The maximum atomic E-state index is 5.23. The van der Waals surface area contributed by atoms with E-state index >= 15 is 0 Å². The van der Waals surface area contributed by atoms with Gasteiger partial charge in [-0.25, -0.2) is 0 Å². The zero-order valence-electron chi connectivity index (χ0n) is 11.4. The molecule has 0 aliphatic carbocycles. The van der Waals surface area contributed by atoms with Gasteiger partial charge >= 0.3 is 125 Å². The average Bonchev–Trinajstić information content (AvgIpc) is 2.46. The molecule has 2 aromatic rings. The van der Waals surface area contributed by atoms with Crippen molar-refractivity contribution in [2.45, 2.75) is 24.2 Å². The summed E-state index contributed by atoms with van der Waals surface area (Å²) in [5.74, 6) is 4.20. The van der Waals surface area contributed by atoms with Crippen molar-refractivity contribution >= 4 is 31.7 Å². The van der Waals surface area contributed by atoms with Crippen molar-refractivity contribution in [3.05, 3.63) is 42.0 Å². The third-order valence-corrected chi connectivity index (χ3v) is 5.02. The van der Waals surface area contributed by atoms with E-state index in [0.29, 0.717) is 0 Å². The maximum absolute atomic E-state index is 5.23. The molecule has 0 radical (unpaired) electrons. The molecule has 0 fully saturated rings. The van der Waals surface area contributed by atoms with Crippen LogP contribution >= 0.6 is 0 Å². The summed E-state index contributed by atoms with van der Waals surface area (Å²) in [7, 11) is 1.70. The van der Waals surface area contributed by atoms with E-state index in [0.717, 1.165) is 11.3 Å². The van der Waals surface area contributed by atoms with Crippen LogP contribution in [-0.4, -0.2) is 28.0 Å². The Morgan fingerprint density at radius 1 is 1.11 bits per heavy atom. The van der Waals surface area contributed by atoms with Crippen LogP contribution in [-0.2, 0) is 0 Å². The van der Waals surface area contributed by atoms with E-state index in [-0.39, 0.29) is 20.9 Å². The molecular weight excluding hydrogens is 348 g/mol. The summed E-state index contributed by atoms with van der Waals surface area (Å²) in [4.78, 5) is 0. The monoisotopic (exact) mass is 368 g/mol. The fourth-order valence-corrected chi connectivity index (χ4v) is 3.86. The summed E-state index contributed by atoms with van der Waals surface area (Å²) < 4.78 is 9.94. The first kappa shape index (κ1) is 14.3. The van der Waals surface area contributed by atoms with Gasteiger partial charge in [0.2, 0.25) is 0 Å². The van der Waals surface area contributed by atoms with Crippen LogP contribution in [0.2, 0.25) is 4.47 Å². The molecule has 2 aromatic carbocycles. The van der Waals surface area contributed by atoms with Gasteiger partial charge in [-0.05, 0) is 0 Å². The first-order valence-electron chi connectivity index (χ1n) is 6.54. The average molecular weight is 366 g/mol. The van der Waals surface area contributed by atoms with Crippen molar-refractivity contribution in [2.24, 2.45) is 0 Å². The van der Waals surface area contributed by atoms with Crippen LogP contribution in [0.1, 0.15) is 25.3 Å². The van der Waals surface area contributed by atoms with E-state index in [1.54, 1.807) is 7.11 Å². The fourth-order valence-electron chi connectivity index (χ4n) is 1.79. The molecule has 0 aliphatic heterocycles. The number of fused-ring (bicyclic) bond motifs is 1. The zero-order valence-corrected chi connectivity index (χ0v) is 13.7. The van der Waals surface area contributed by atoms with Gasteiger partial charge in [0.15, 0.2) is 0 Å². The van der Waals surface area contributed by atoms with Crippen LogP contribution in [0.5, 0.6) is 5.75 Å². The molecule has 0 heterocycles. The van der Waals surface area contributed by atoms with E-state index in [1.807, 2.05) is 6.07 Å². The van der Waals surface area contributed by atoms with Crippen LogP contribution in [0.3, 0.4) is 0 Å². The quantitative estimate of drug-likeness (QED) is 0.450. The molecule has 0 aliphatic rings. The van der Waals surface area contributed by atoms with Crippen molar-refractivity contribution in [3.63, 3.8) is 0 Å². The van der Waals surface area contributed by atoms with E-state index in [1.165, 1.54) is 28.1 Å². The van der Waals surface area contributed by atoms with Gasteiger partial charge in [0.25, 0.3) is 0 Å². The van der Waals surface area contributed by atoms with Crippen molar-refractivity contribution in [1.29, 1.82) is 0 Å². The third kappa shape index (κ3) is 4.17. The molecule has 0 amide bonds. The van der Waals surface area contributed by atoms with Gasteiger partial charge in [0, 0.05) is 0 Å². The normalized spacial score (nSPS) is 10.0. The second kappa shape index (κ2) is 7.44. The Kier molecular flexibility index (Phi) is 5.59. The molecule has 19 heavy (non-hydrogen) atoms. The van der Waals surface area contributed by atoms with E-state index in [2.05, 4.69) is 47.1 Å². The second-order valence-corrected chi connectivity index (χ2v) is 6.93. The molecule has 0 bridgehead atoms. The van der Waals surface area contributed by atoms with Gasteiger partial charge in [-0.2, -0.15) is 0 Å². The van der Waals surface area contributed by atoms with Crippen LogP contribution in [0.15, 0.2) is 36.4 Å². The van der Waals surface area contributed by atoms with Crippen LogP contribution in [0, 0.1) is 9.89 Å². The summed E-state index contributed by atoms with van der Waals surface area (Å²) in [6.07, 6.45) is 2.61. The van der Waals surface area contributed by atoms with Crippen LogP contribution in [0.25, 0.3) is 10.8 Å². The topological polar surface area (TPSA) is 9.23 Å². The molecule has 0 saturated carbocycles. The molecule has 0 aromatic heterocycles. The molecule has 1 nitrogen and oxygen atoms in total. The van der Waals surface area contributed by atoms with Gasteiger partial charge in [-0.3, -0.25) is 0 Å². The van der Waals surface area contributed by atoms with Gasteiger partial charge in [0.05, 0.1) is 0 Å². The summed E-state index contributed by atoms with van der Waals surface area (Å²) in [5, 5.41) is 2.43. The van der Waals surface area contributed by atoms with Crippen molar-refractivity contribution in [1.82, 2.24) is 0 Å². The number of hydrogen-bond acceptors (Lipinski definition) is 1. The third-order valence-electron chi connectivity index (χ3n) is 2.91. The van der Waals surface area contributed by atoms with Crippen molar-refractivity contribution in [2.75, 3.05) is 7.11 Å². The minimum absolute atomic E-state index is 0.111. The Labute approximate surface area is 125 Å². The Bertz CT molecular complexity index is 607. The summed E-state index contributed by atoms with van der Waals surface area (Å²) in [6, 6.07) is 12.5. The van der Waals surface area contributed by atoms with Crippen LogP contribution < -0.4 is 4.74 Å². The predicted molar refractivity (Wildman–Crippen MR) is 82.8 cm³/mol. The van der Waals surface area contributed by atoms with Gasteiger partial charge in [0.1, 0.15) is 0 Å². The number of ether oxygens (including phenoxy) is 1. The number of hydrogen-bond donors (Lipinski definition) is 0. The van der Waals surface area contributed by atoms with Gasteiger partial charge in [-0.15, -0.1) is 0 Å². The predicted octanol–water partition coefficient (Wildman–Crippen LogP) is 4.08. The molecule has 2 rings (SSSR count). The Morgan fingerprint density at radius 3 is 2.68 bits per heavy atom. The van der Waals surface area contributed by atoms with Gasteiger partial charge in [-0.1, -0.05) is 0 Å². The number of benzene rings is 2. The fraction of sp³-hybridized carbons (Fsp3) is 0.294. The van der Waals surface area contributed by atoms with E-state index < -0.39 is 0 Å². The summed E-state index contributed by atoms with van der Waals surface area (Å²) in [5.41, 5.74) is 1.12. The molecular formula is C17H18OTe. The number of unbranched alkanes of at least 4 members (excludes halogenated alkanes) is 1. The molecule has 0 N–H and O–H groups in total. The Morgan fingerprint density at radius 2 is 1.89 bits per heavy atom. The molecule has 0 unspecified atom stereocenters. The first-order chi connectivity index (χ1) is 9.33. The van der Waals surface area contributed by atoms with Gasteiger partial charge < -0.3 is 0 Å². The second-order valence-electron chi connectivity index (χ2n) is 4.36. The Hall–Kier alpha value is -1.15. The van der Waals surface area contributed by atoms with E-state index in [4.69, 9.17) is 4.74 Å². The number of rotatable bonds is 4. The van der Waals surface area contributed by atoms with Crippen LogP contribution in [0.4, 0.5) is 0 Å². The first-order valence-corrected chi connectivity index (χ1v) is 9.35. The molecule has 98 valence electrons. The SMILES string of the molecule is CCCC[Te]C#Cc1ccc2cc(OC)ccc2c1. The zero-order chi connectivity index (χ0) is 13.5. The summed E-state index contributed by atoms with van der Waals surface area (Å²) in [6.45, 7) is 2.23. The molecule has 0 saturated heterocycles. The molecule has 0 spiro atoms. The minimum atomic E-state index is -0.111. The summed E-state index contributed by atoms with van der Waals surface area (Å²) >= 11 is -0.111. The Balaban J connectivity index is 2.13. The van der Waals surface area contributed by atoms with Crippen molar-refractivity contribution in [3.8, 4) is 15.6 Å². The van der Waals surface area contributed by atoms with Crippen molar-refractivity contribution < 1.29 is 4.74 Å². The standard InChI is InChI=1S/C17H18OTe/c1-3-4-10-19-11-9-14-5-6-16-13-17(18-2)8-7-15(16)12-14/h5-8,12-13H,3-4,10H2,1-2H3.